The second-order valence-corrected chi connectivity index (χ2v) is 9.23. The molecule has 2 aromatic carbocycles. The van der Waals surface area contributed by atoms with Gasteiger partial charge in [-0.1, -0.05) is 31.4 Å². The maximum absolute atomic E-state index is 5.86. The molecule has 176 valence electrons. The van der Waals surface area contributed by atoms with Crippen LogP contribution in [0.5, 0.6) is 17.2 Å². The van der Waals surface area contributed by atoms with E-state index >= 15 is 0 Å². The van der Waals surface area contributed by atoms with Gasteiger partial charge in [-0.25, -0.2) is 0 Å². The number of nitrogens with two attached hydrogens (primary N) is 1. The molecule has 2 aromatic rings. The molecule has 0 amide bonds. The maximum Gasteiger partial charge on any atom is 0.161 e. The highest BCUT2D eigenvalue weighted by atomic mass is 16.5. The van der Waals surface area contributed by atoms with Crippen LogP contribution in [0, 0.1) is 5.92 Å². The third-order valence-electron chi connectivity index (χ3n) is 6.49. The standard InChI is InChI=1S/C28H41NO3/c1-5-31-28-19-22(11-16-27(28)30-4)20-29-18-17-26(23-9-7-6-8-10-23)24-12-14-25(15-13-24)32-21(2)3/h11-16,19,21,23,26,29H,5-10,17-18,20H2,1-4H3/p+1/t26-/m0/s1. The van der Waals surface area contributed by atoms with Crippen LogP contribution in [0.15, 0.2) is 42.5 Å². The summed E-state index contributed by atoms with van der Waals surface area (Å²) < 4.78 is 17.0. The van der Waals surface area contributed by atoms with Crippen molar-refractivity contribution in [2.45, 2.75) is 77.9 Å². The first kappa shape index (κ1) is 24.4. The fourth-order valence-electron chi connectivity index (χ4n) is 4.96. The molecule has 1 atom stereocenters. The van der Waals surface area contributed by atoms with E-state index in [0.717, 1.165) is 36.3 Å². The van der Waals surface area contributed by atoms with Gasteiger partial charge in [0.15, 0.2) is 11.5 Å². The molecule has 2 N–H and O–H groups in total. The minimum absolute atomic E-state index is 0.214. The lowest BCUT2D eigenvalue weighted by molar-refractivity contribution is -0.671. The van der Waals surface area contributed by atoms with Gasteiger partial charge < -0.3 is 19.5 Å². The molecule has 0 bridgehead atoms. The molecule has 3 rings (SSSR count). The molecule has 1 saturated carbocycles. The molecular weight excluding hydrogens is 398 g/mol. The predicted molar refractivity (Wildman–Crippen MR) is 131 cm³/mol. The Morgan fingerprint density at radius 3 is 2.38 bits per heavy atom. The van der Waals surface area contributed by atoms with Crippen LogP contribution in [0.2, 0.25) is 0 Å². The quantitative estimate of drug-likeness (QED) is 0.431. The number of benzene rings is 2. The zero-order valence-corrected chi connectivity index (χ0v) is 20.4. The third-order valence-corrected chi connectivity index (χ3v) is 6.49. The van der Waals surface area contributed by atoms with Crippen LogP contribution < -0.4 is 19.5 Å². The van der Waals surface area contributed by atoms with Crippen LogP contribution in [0.1, 0.15) is 76.3 Å². The zero-order chi connectivity index (χ0) is 22.8. The highest BCUT2D eigenvalue weighted by Gasteiger charge is 2.25. The van der Waals surface area contributed by atoms with Gasteiger partial charge >= 0.3 is 0 Å². The Balaban J connectivity index is 1.60. The summed E-state index contributed by atoms with van der Waals surface area (Å²) in [6, 6.07) is 15.2. The summed E-state index contributed by atoms with van der Waals surface area (Å²) in [5.41, 5.74) is 2.75. The molecule has 0 radical (unpaired) electrons. The first-order valence-electron chi connectivity index (χ1n) is 12.5. The minimum Gasteiger partial charge on any atom is -0.493 e. The van der Waals surface area contributed by atoms with Gasteiger partial charge in [0.25, 0.3) is 0 Å². The van der Waals surface area contributed by atoms with Crippen LogP contribution in [0.25, 0.3) is 0 Å². The number of methoxy groups -OCH3 is 1. The van der Waals surface area contributed by atoms with Gasteiger partial charge in [-0.15, -0.1) is 0 Å². The Bertz CT molecular complexity index is 797. The highest BCUT2D eigenvalue weighted by molar-refractivity contribution is 5.42. The van der Waals surface area contributed by atoms with Crippen LogP contribution in [-0.4, -0.2) is 26.4 Å². The van der Waals surface area contributed by atoms with E-state index in [0.29, 0.717) is 12.5 Å². The van der Waals surface area contributed by atoms with Crippen LogP contribution in [0.4, 0.5) is 0 Å². The Kier molecular flexibility index (Phi) is 9.73. The third kappa shape index (κ3) is 7.16. The Labute approximate surface area is 194 Å². The van der Waals surface area contributed by atoms with Crippen molar-refractivity contribution in [3.63, 3.8) is 0 Å². The van der Waals surface area contributed by atoms with Crippen molar-refractivity contribution < 1.29 is 19.5 Å². The van der Waals surface area contributed by atoms with Crippen LogP contribution >= 0.6 is 0 Å². The molecule has 32 heavy (non-hydrogen) atoms. The van der Waals surface area contributed by atoms with Crippen molar-refractivity contribution in [3.8, 4) is 17.2 Å². The Morgan fingerprint density at radius 2 is 1.72 bits per heavy atom. The lowest BCUT2D eigenvalue weighted by Gasteiger charge is -2.30. The number of hydrogen-bond acceptors (Lipinski definition) is 3. The van der Waals surface area contributed by atoms with Crippen molar-refractivity contribution in [1.29, 1.82) is 0 Å². The number of hydrogen-bond donors (Lipinski definition) is 1. The molecule has 4 nitrogen and oxygen atoms in total. The van der Waals surface area contributed by atoms with E-state index in [9.17, 15) is 0 Å². The van der Waals surface area contributed by atoms with Crippen molar-refractivity contribution in [2.75, 3.05) is 20.3 Å². The number of rotatable bonds is 12. The second-order valence-electron chi connectivity index (χ2n) is 9.23. The molecule has 0 unspecified atom stereocenters. The zero-order valence-electron chi connectivity index (χ0n) is 20.4. The summed E-state index contributed by atoms with van der Waals surface area (Å²) in [7, 11) is 1.69. The highest BCUT2D eigenvalue weighted by Crippen LogP contribution is 2.38. The van der Waals surface area contributed by atoms with Gasteiger partial charge in [0, 0.05) is 12.0 Å². The van der Waals surface area contributed by atoms with Crippen molar-refractivity contribution in [1.82, 2.24) is 0 Å². The lowest BCUT2D eigenvalue weighted by atomic mass is 9.75. The molecule has 0 aliphatic heterocycles. The van der Waals surface area contributed by atoms with E-state index in [4.69, 9.17) is 14.2 Å². The van der Waals surface area contributed by atoms with E-state index in [-0.39, 0.29) is 6.10 Å². The van der Waals surface area contributed by atoms with Gasteiger partial charge in [0.05, 0.1) is 26.4 Å². The monoisotopic (exact) mass is 440 g/mol. The first-order valence-corrected chi connectivity index (χ1v) is 12.5. The van der Waals surface area contributed by atoms with E-state index in [1.165, 1.54) is 49.7 Å². The first-order chi connectivity index (χ1) is 15.6. The SMILES string of the molecule is CCOc1cc(C[NH2+]CC[C@H](c2ccc(OC(C)C)cc2)C2CCCCC2)ccc1OC. The van der Waals surface area contributed by atoms with Crippen LogP contribution in [0.3, 0.4) is 0 Å². The van der Waals surface area contributed by atoms with Gasteiger partial charge in [0.1, 0.15) is 12.3 Å². The molecular formula is C28H42NO3+. The summed E-state index contributed by atoms with van der Waals surface area (Å²) in [5.74, 6) is 4.05. The fraction of sp³-hybridized carbons (Fsp3) is 0.571. The summed E-state index contributed by atoms with van der Waals surface area (Å²) >= 11 is 0. The minimum atomic E-state index is 0.214. The van der Waals surface area contributed by atoms with E-state index in [2.05, 4.69) is 55.6 Å². The molecule has 0 saturated heterocycles. The normalized spacial score (nSPS) is 15.5. The van der Waals surface area contributed by atoms with Gasteiger partial charge in [0.2, 0.25) is 0 Å². The van der Waals surface area contributed by atoms with E-state index < -0.39 is 0 Å². The Hall–Kier alpha value is -2.20. The van der Waals surface area contributed by atoms with Crippen molar-refractivity contribution in [2.24, 2.45) is 5.92 Å². The second kappa shape index (κ2) is 12.7. The molecule has 1 fully saturated rings. The van der Waals surface area contributed by atoms with Gasteiger partial charge in [-0.2, -0.15) is 0 Å². The summed E-state index contributed by atoms with van der Waals surface area (Å²) in [6.07, 6.45) is 8.32. The van der Waals surface area contributed by atoms with Crippen LogP contribution in [-0.2, 0) is 6.54 Å². The van der Waals surface area contributed by atoms with E-state index in [1.807, 2.05) is 13.0 Å². The fourth-order valence-corrected chi connectivity index (χ4v) is 4.96. The van der Waals surface area contributed by atoms with Gasteiger partial charge in [-0.3, -0.25) is 0 Å². The molecule has 1 aliphatic rings. The average molecular weight is 441 g/mol. The van der Waals surface area contributed by atoms with Crippen molar-refractivity contribution >= 4 is 0 Å². The number of quaternary nitrogens is 1. The molecule has 0 heterocycles. The lowest BCUT2D eigenvalue weighted by Crippen LogP contribution is -2.82. The smallest absolute Gasteiger partial charge is 0.161 e. The molecule has 0 aromatic heterocycles. The van der Waals surface area contributed by atoms with Gasteiger partial charge in [-0.05, 0) is 81.3 Å². The molecule has 0 spiro atoms. The predicted octanol–water partition coefficient (Wildman–Crippen LogP) is 5.70. The average Bonchev–Trinajstić information content (AvgIpc) is 2.80. The van der Waals surface area contributed by atoms with Crippen molar-refractivity contribution in [3.05, 3.63) is 53.6 Å². The maximum atomic E-state index is 5.86. The Morgan fingerprint density at radius 1 is 0.969 bits per heavy atom. The topological polar surface area (TPSA) is 44.3 Å². The van der Waals surface area contributed by atoms with E-state index in [1.54, 1.807) is 7.11 Å². The number of ether oxygens (including phenoxy) is 3. The summed E-state index contributed by atoms with van der Waals surface area (Å²) in [6.45, 7) is 8.90. The summed E-state index contributed by atoms with van der Waals surface area (Å²) in [4.78, 5) is 0. The summed E-state index contributed by atoms with van der Waals surface area (Å²) in [5, 5.41) is 2.43. The largest absolute Gasteiger partial charge is 0.493 e. The molecule has 4 heteroatoms. The molecule has 1 aliphatic carbocycles.